The number of hydrogen-bond donors (Lipinski definition) is 1. The van der Waals surface area contributed by atoms with E-state index in [1.165, 1.54) is 6.07 Å². The minimum absolute atomic E-state index is 0.103. The van der Waals surface area contributed by atoms with Crippen molar-refractivity contribution in [2.24, 2.45) is 0 Å². The molecule has 0 aliphatic carbocycles. The molecule has 11 heteroatoms. The molecule has 1 atom stereocenters. The van der Waals surface area contributed by atoms with Crippen LogP contribution >= 0.6 is 0 Å². The average molecular weight is 340 g/mol. The number of rotatable bonds is 5. The number of ether oxygens (including phenoxy) is 1. The lowest BCUT2D eigenvalue weighted by atomic mass is 9.95. The van der Waals surface area contributed by atoms with Gasteiger partial charge in [0, 0.05) is 0 Å². The van der Waals surface area contributed by atoms with Gasteiger partial charge in [0.25, 0.3) is 10.1 Å². The van der Waals surface area contributed by atoms with Gasteiger partial charge in [-0.15, -0.1) is 0 Å². The van der Waals surface area contributed by atoms with Gasteiger partial charge >= 0.3 is 12.1 Å². The van der Waals surface area contributed by atoms with Gasteiger partial charge in [-0.05, 0) is 12.1 Å². The van der Waals surface area contributed by atoms with Gasteiger partial charge in [-0.25, -0.2) is 9.18 Å². The summed E-state index contributed by atoms with van der Waals surface area (Å²) in [5, 5.41) is 0. The van der Waals surface area contributed by atoms with Crippen LogP contribution in [0, 0.1) is 5.82 Å². The molecule has 1 aromatic rings. The lowest BCUT2D eigenvalue weighted by molar-refractivity contribution is -0.197. The van der Waals surface area contributed by atoms with Crippen molar-refractivity contribution < 1.29 is 40.1 Å². The van der Waals surface area contributed by atoms with Crippen LogP contribution < -0.4 is 0 Å². The van der Waals surface area contributed by atoms with Gasteiger partial charge in [0.1, 0.15) is 11.6 Å². The summed E-state index contributed by atoms with van der Waals surface area (Å²) in [5.41, 5.74) is -0.570. The maximum Gasteiger partial charge on any atom is 0.426 e. The minimum atomic E-state index is -5.26. The van der Waals surface area contributed by atoms with Crippen molar-refractivity contribution in [3.63, 3.8) is 0 Å². The van der Waals surface area contributed by atoms with Crippen molar-refractivity contribution in [3.05, 3.63) is 35.1 Å². The summed E-state index contributed by atoms with van der Waals surface area (Å²) in [5.74, 6) is -4.77. The first-order valence-corrected chi connectivity index (χ1v) is 7.26. The SMILES string of the molecule is [B]Cc1ccc(F)c(C(=O)OC(CS(=O)(=O)O)C(F)(F)F)c1. The molecule has 0 fully saturated rings. The molecule has 1 rings (SSSR count). The fourth-order valence-corrected chi connectivity index (χ4v) is 2.07. The molecule has 0 spiro atoms. The van der Waals surface area contributed by atoms with Crippen molar-refractivity contribution in [2.45, 2.75) is 18.6 Å². The molecule has 22 heavy (non-hydrogen) atoms. The summed E-state index contributed by atoms with van der Waals surface area (Å²) < 4.78 is 84.8. The molecule has 120 valence electrons. The van der Waals surface area contributed by atoms with Gasteiger partial charge in [0.2, 0.25) is 6.10 Å². The average Bonchev–Trinajstić information content (AvgIpc) is 2.35. The molecule has 0 bridgehead atoms. The van der Waals surface area contributed by atoms with Crippen LogP contribution in [0.3, 0.4) is 0 Å². The van der Waals surface area contributed by atoms with Crippen molar-refractivity contribution in [1.82, 2.24) is 0 Å². The van der Waals surface area contributed by atoms with Crippen molar-refractivity contribution in [3.8, 4) is 0 Å². The maximum atomic E-state index is 13.5. The van der Waals surface area contributed by atoms with Gasteiger partial charge in [0.05, 0.1) is 13.4 Å². The van der Waals surface area contributed by atoms with E-state index in [2.05, 4.69) is 4.74 Å². The second kappa shape index (κ2) is 6.65. The zero-order valence-electron chi connectivity index (χ0n) is 10.8. The quantitative estimate of drug-likeness (QED) is 0.380. The second-order valence-corrected chi connectivity index (χ2v) is 5.70. The van der Waals surface area contributed by atoms with E-state index in [0.29, 0.717) is 0 Å². The topological polar surface area (TPSA) is 80.7 Å². The van der Waals surface area contributed by atoms with Crippen LogP contribution in [0.5, 0.6) is 0 Å². The predicted octanol–water partition coefficient (Wildman–Crippen LogP) is 1.47. The standard InChI is InChI=1S/C11H9BF4O5S/c12-4-6-1-2-8(13)7(3-6)10(17)21-9(11(14,15)16)5-22(18,19)20/h1-3,9H,4-5H2,(H,18,19,20). The molecule has 1 aromatic carbocycles. The van der Waals surface area contributed by atoms with Crippen LogP contribution in [0.4, 0.5) is 17.6 Å². The Morgan fingerprint density at radius 2 is 1.95 bits per heavy atom. The van der Waals surface area contributed by atoms with E-state index in [1.807, 2.05) is 0 Å². The Morgan fingerprint density at radius 1 is 1.36 bits per heavy atom. The highest BCUT2D eigenvalue weighted by molar-refractivity contribution is 7.85. The van der Waals surface area contributed by atoms with E-state index in [4.69, 9.17) is 12.4 Å². The number of alkyl halides is 3. The van der Waals surface area contributed by atoms with Crippen molar-refractivity contribution in [2.75, 3.05) is 5.75 Å². The van der Waals surface area contributed by atoms with E-state index in [0.717, 1.165) is 12.1 Å². The molecule has 0 saturated heterocycles. The third-order valence-corrected chi connectivity index (χ3v) is 3.19. The van der Waals surface area contributed by atoms with Gasteiger partial charge < -0.3 is 4.74 Å². The molecule has 0 aliphatic heterocycles. The van der Waals surface area contributed by atoms with Crippen LogP contribution in [0.15, 0.2) is 18.2 Å². The number of esters is 1. The fraction of sp³-hybridized carbons (Fsp3) is 0.364. The van der Waals surface area contributed by atoms with Gasteiger partial charge in [-0.3, -0.25) is 4.55 Å². The molecule has 0 heterocycles. The van der Waals surface area contributed by atoms with E-state index >= 15 is 0 Å². The third kappa shape index (κ3) is 5.30. The molecule has 1 N–H and O–H groups in total. The lowest BCUT2D eigenvalue weighted by Crippen LogP contribution is -2.39. The highest BCUT2D eigenvalue weighted by atomic mass is 32.2. The first-order valence-electron chi connectivity index (χ1n) is 5.65. The molecule has 0 aliphatic rings. The molecule has 0 saturated carbocycles. The molecule has 2 radical (unpaired) electrons. The lowest BCUT2D eigenvalue weighted by Gasteiger charge is -2.19. The largest absolute Gasteiger partial charge is 0.448 e. The number of benzene rings is 1. The number of carbonyl (C=O) groups is 1. The molecule has 0 amide bonds. The molecule has 1 unspecified atom stereocenters. The van der Waals surface area contributed by atoms with Crippen molar-refractivity contribution in [1.29, 1.82) is 0 Å². The van der Waals surface area contributed by atoms with Crippen LogP contribution in [0.25, 0.3) is 0 Å². The summed E-state index contributed by atoms with van der Waals surface area (Å²) in [6, 6.07) is 2.91. The fourth-order valence-electron chi connectivity index (χ4n) is 1.44. The van der Waals surface area contributed by atoms with Gasteiger partial charge in [-0.1, -0.05) is 17.9 Å². The highest BCUT2D eigenvalue weighted by Crippen LogP contribution is 2.25. The second-order valence-electron chi connectivity index (χ2n) is 4.20. The number of hydrogen-bond acceptors (Lipinski definition) is 4. The monoisotopic (exact) mass is 340 g/mol. The predicted molar refractivity (Wildman–Crippen MR) is 67.5 cm³/mol. The Balaban J connectivity index is 3.06. The van der Waals surface area contributed by atoms with Crippen LogP contribution in [0.1, 0.15) is 15.9 Å². The molecule has 5 nitrogen and oxygen atoms in total. The van der Waals surface area contributed by atoms with Gasteiger partial charge in [0.15, 0.2) is 0 Å². The van der Waals surface area contributed by atoms with Crippen molar-refractivity contribution >= 4 is 23.9 Å². The maximum absolute atomic E-state index is 13.5. The zero-order valence-corrected chi connectivity index (χ0v) is 11.6. The molecule has 0 aromatic heterocycles. The smallest absolute Gasteiger partial charge is 0.426 e. The van der Waals surface area contributed by atoms with E-state index in [9.17, 15) is 30.8 Å². The Morgan fingerprint density at radius 3 is 2.41 bits per heavy atom. The summed E-state index contributed by atoms with van der Waals surface area (Å²) in [7, 11) is 0.188. The Hall–Kier alpha value is -1.62. The van der Waals surface area contributed by atoms with Crippen LogP contribution in [-0.2, 0) is 21.2 Å². The summed E-state index contributed by atoms with van der Waals surface area (Å²) in [4.78, 5) is 11.6. The highest BCUT2D eigenvalue weighted by Gasteiger charge is 2.45. The third-order valence-electron chi connectivity index (χ3n) is 2.46. The minimum Gasteiger partial charge on any atom is -0.448 e. The Kier molecular flexibility index (Phi) is 5.57. The molecular formula is C11H9BF4O5S. The Bertz CT molecular complexity index is 659. The van der Waals surface area contributed by atoms with E-state index < -0.39 is 45.5 Å². The number of halogens is 4. The Labute approximate surface area is 124 Å². The summed E-state index contributed by atoms with van der Waals surface area (Å²) in [6.45, 7) is 0. The van der Waals surface area contributed by atoms with Gasteiger partial charge in [-0.2, -0.15) is 21.6 Å². The van der Waals surface area contributed by atoms with E-state index in [1.54, 1.807) is 0 Å². The zero-order chi connectivity index (χ0) is 17.1. The molecular weight excluding hydrogens is 331 g/mol. The summed E-state index contributed by atoms with van der Waals surface area (Å²) in [6.07, 6.45) is -8.49. The van der Waals surface area contributed by atoms with E-state index in [-0.39, 0.29) is 11.9 Å². The number of carbonyl (C=O) groups excluding carboxylic acids is 1. The van der Waals surface area contributed by atoms with Crippen LogP contribution in [-0.4, -0.2) is 44.8 Å². The van der Waals surface area contributed by atoms with Crippen LogP contribution in [0.2, 0.25) is 0 Å². The normalized spacial score (nSPS) is 13.7. The first-order chi connectivity index (χ1) is 9.94. The first kappa shape index (κ1) is 18.4. The summed E-state index contributed by atoms with van der Waals surface area (Å²) >= 11 is 0.